The molecule has 0 bridgehead atoms. The van der Waals surface area contributed by atoms with Crippen molar-refractivity contribution in [1.29, 1.82) is 0 Å². The van der Waals surface area contributed by atoms with Crippen LogP contribution in [0, 0.1) is 10.1 Å². The second-order valence-corrected chi connectivity index (χ2v) is 4.42. The molecule has 0 amide bonds. The smallest absolute Gasteiger partial charge is 0.269 e. The number of non-ortho nitro benzene ring substituents is 1. The molecule has 0 aliphatic rings. The molecule has 0 unspecified atom stereocenters. The number of hydrogen-bond donors (Lipinski definition) is 2. The van der Waals surface area contributed by atoms with E-state index in [-0.39, 0.29) is 18.3 Å². The summed E-state index contributed by atoms with van der Waals surface area (Å²) < 4.78 is 0. The van der Waals surface area contributed by atoms with Gasteiger partial charge in [-0.25, -0.2) is 0 Å². The summed E-state index contributed by atoms with van der Waals surface area (Å²) >= 11 is 1.55. The summed E-state index contributed by atoms with van der Waals surface area (Å²) in [7, 11) is 0. The van der Waals surface area contributed by atoms with Crippen LogP contribution in [-0.4, -0.2) is 28.4 Å². The van der Waals surface area contributed by atoms with Crippen LogP contribution in [0.5, 0.6) is 0 Å². The first-order valence-corrected chi connectivity index (χ1v) is 5.96. The van der Waals surface area contributed by atoms with Gasteiger partial charge in [-0.05, 0) is 5.56 Å². The zero-order valence-corrected chi connectivity index (χ0v) is 9.52. The van der Waals surface area contributed by atoms with Crippen LogP contribution < -0.4 is 5.73 Å². The van der Waals surface area contributed by atoms with Gasteiger partial charge in [0.15, 0.2) is 0 Å². The highest BCUT2D eigenvalue weighted by atomic mass is 32.2. The van der Waals surface area contributed by atoms with Gasteiger partial charge in [0, 0.05) is 29.7 Å². The Kier molecular flexibility index (Phi) is 5.24. The van der Waals surface area contributed by atoms with Crippen molar-refractivity contribution in [3.05, 3.63) is 39.9 Å². The van der Waals surface area contributed by atoms with Gasteiger partial charge in [-0.15, -0.1) is 0 Å². The van der Waals surface area contributed by atoms with E-state index in [1.54, 1.807) is 23.9 Å². The fourth-order valence-electron chi connectivity index (χ4n) is 1.14. The number of nitrogens with two attached hydrogens (primary N) is 1. The van der Waals surface area contributed by atoms with Crippen molar-refractivity contribution in [3.63, 3.8) is 0 Å². The molecule has 0 saturated carbocycles. The van der Waals surface area contributed by atoms with E-state index < -0.39 is 4.92 Å². The molecule has 0 fully saturated rings. The van der Waals surface area contributed by atoms with Crippen LogP contribution in [0.25, 0.3) is 0 Å². The molecular weight excluding hydrogens is 228 g/mol. The first-order chi connectivity index (χ1) is 7.63. The number of thioether (sulfide) groups is 1. The van der Waals surface area contributed by atoms with E-state index in [1.165, 1.54) is 6.07 Å². The molecule has 1 aromatic carbocycles. The Morgan fingerprint density at radius 1 is 1.56 bits per heavy atom. The van der Waals surface area contributed by atoms with Crippen LogP contribution in [-0.2, 0) is 5.75 Å². The molecule has 1 rings (SSSR count). The van der Waals surface area contributed by atoms with Gasteiger partial charge in [-0.1, -0.05) is 12.1 Å². The normalized spacial score (nSPS) is 12.4. The maximum atomic E-state index is 10.5. The van der Waals surface area contributed by atoms with E-state index in [2.05, 4.69) is 0 Å². The molecule has 0 aliphatic carbocycles. The lowest BCUT2D eigenvalue weighted by Crippen LogP contribution is -2.26. The fraction of sp³-hybridized carbons (Fsp3) is 0.400. The molecule has 6 heteroatoms. The number of aliphatic hydroxyl groups excluding tert-OH is 1. The summed E-state index contributed by atoms with van der Waals surface area (Å²) in [6.45, 7) is -0.0397. The van der Waals surface area contributed by atoms with Gasteiger partial charge < -0.3 is 10.8 Å². The summed E-state index contributed by atoms with van der Waals surface area (Å²) in [4.78, 5) is 10.1. The maximum absolute atomic E-state index is 10.5. The number of nitro groups is 1. The van der Waals surface area contributed by atoms with Crippen LogP contribution >= 0.6 is 11.8 Å². The highest BCUT2D eigenvalue weighted by molar-refractivity contribution is 7.98. The van der Waals surface area contributed by atoms with E-state index in [4.69, 9.17) is 10.8 Å². The van der Waals surface area contributed by atoms with Crippen molar-refractivity contribution in [1.82, 2.24) is 0 Å². The molecular formula is C10H14N2O3S. The van der Waals surface area contributed by atoms with Crippen LogP contribution in [0.3, 0.4) is 0 Å². The lowest BCUT2D eigenvalue weighted by molar-refractivity contribution is -0.384. The number of nitrogens with zero attached hydrogens (tertiary/aromatic N) is 1. The fourth-order valence-corrected chi connectivity index (χ4v) is 2.08. The molecule has 3 N–H and O–H groups in total. The van der Waals surface area contributed by atoms with Crippen LogP contribution in [0.4, 0.5) is 5.69 Å². The minimum absolute atomic E-state index is 0.0397. The van der Waals surface area contributed by atoms with Gasteiger partial charge in [-0.2, -0.15) is 11.8 Å². The third-order valence-corrected chi connectivity index (χ3v) is 3.16. The Balaban J connectivity index is 2.48. The Morgan fingerprint density at radius 2 is 2.31 bits per heavy atom. The van der Waals surface area contributed by atoms with Gasteiger partial charge >= 0.3 is 0 Å². The quantitative estimate of drug-likeness (QED) is 0.577. The van der Waals surface area contributed by atoms with E-state index in [9.17, 15) is 10.1 Å². The molecule has 0 saturated heterocycles. The van der Waals surface area contributed by atoms with Crippen molar-refractivity contribution in [2.75, 3.05) is 12.4 Å². The van der Waals surface area contributed by atoms with E-state index in [0.717, 1.165) is 5.56 Å². The van der Waals surface area contributed by atoms with Gasteiger partial charge in [0.1, 0.15) is 0 Å². The van der Waals surface area contributed by atoms with Gasteiger partial charge in [-0.3, -0.25) is 10.1 Å². The average molecular weight is 242 g/mol. The topological polar surface area (TPSA) is 89.4 Å². The van der Waals surface area contributed by atoms with Crippen LogP contribution in [0.15, 0.2) is 24.3 Å². The molecule has 88 valence electrons. The predicted molar refractivity (Wildman–Crippen MR) is 64.3 cm³/mol. The summed E-state index contributed by atoms with van der Waals surface area (Å²) in [6, 6.07) is 6.29. The highest BCUT2D eigenvalue weighted by Crippen LogP contribution is 2.18. The van der Waals surface area contributed by atoms with Crippen LogP contribution in [0.2, 0.25) is 0 Å². The zero-order valence-electron chi connectivity index (χ0n) is 8.70. The standard InChI is InChI=1S/C10H14N2O3S/c11-9(5-13)7-16-6-8-2-1-3-10(4-8)12(14)15/h1-4,9,13H,5-7,11H2/t9-/m1/s1. The van der Waals surface area contributed by atoms with Gasteiger partial charge in [0.05, 0.1) is 11.5 Å². The van der Waals surface area contributed by atoms with E-state index >= 15 is 0 Å². The van der Waals surface area contributed by atoms with Crippen LogP contribution in [0.1, 0.15) is 5.56 Å². The molecule has 1 aromatic rings. The Morgan fingerprint density at radius 3 is 2.94 bits per heavy atom. The second-order valence-electron chi connectivity index (χ2n) is 3.38. The maximum Gasteiger partial charge on any atom is 0.269 e. The van der Waals surface area contributed by atoms with Crippen molar-refractivity contribution in [3.8, 4) is 0 Å². The lowest BCUT2D eigenvalue weighted by atomic mass is 10.2. The molecule has 0 heterocycles. The number of nitro benzene ring substituents is 1. The number of hydrogen-bond acceptors (Lipinski definition) is 5. The summed E-state index contributed by atoms with van der Waals surface area (Å²) in [6.07, 6.45) is 0. The van der Waals surface area contributed by atoms with Gasteiger partial charge in [0.25, 0.3) is 5.69 Å². The first kappa shape index (κ1) is 13.0. The minimum atomic E-state index is -0.409. The first-order valence-electron chi connectivity index (χ1n) is 4.81. The Bertz CT molecular complexity index is 360. The monoisotopic (exact) mass is 242 g/mol. The average Bonchev–Trinajstić information content (AvgIpc) is 2.29. The SMILES string of the molecule is N[C@H](CO)CSCc1cccc([N+](=O)[O-])c1. The number of aliphatic hydroxyl groups is 1. The molecule has 16 heavy (non-hydrogen) atoms. The Hall–Kier alpha value is -1.11. The summed E-state index contributed by atoms with van der Waals surface area (Å²) in [5.41, 5.74) is 6.53. The molecule has 1 atom stereocenters. The molecule has 0 aliphatic heterocycles. The van der Waals surface area contributed by atoms with E-state index in [1.807, 2.05) is 6.07 Å². The van der Waals surface area contributed by atoms with Crippen molar-refractivity contribution < 1.29 is 10.0 Å². The summed E-state index contributed by atoms with van der Waals surface area (Å²) in [5.74, 6) is 1.30. The molecule has 0 aromatic heterocycles. The summed E-state index contributed by atoms with van der Waals surface area (Å²) in [5, 5.41) is 19.2. The second kappa shape index (κ2) is 6.47. The largest absolute Gasteiger partial charge is 0.395 e. The number of benzene rings is 1. The van der Waals surface area contributed by atoms with Crippen molar-refractivity contribution in [2.45, 2.75) is 11.8 Å². The predicted octanol–water partition coefficient (Wildman–Crippen LogP) is 1.15. The molecule has 5 nitrogen and oxygen atoms in total. The number of rotatable bonds is 6. The third-order valence-electron chi connectivity index (χ3n) is 1.96. The zero-order chi connectivity index (χ0) is 12.0. The molecule has 0 radical (unpaired) electrons. The lowest BCUT2D eigenvalue weighted by Gasteiger charge is -2.07. The van der Waals surface area contributed by atoms with Gasteiger partial charge in [0.2, 0.25) is 0 Å². The Labute approximate surface area is 97.8 Å². The van der Waals surface area contributed by atoms with Crippen molar-refractivity contribution in [2.24, 2.45) is 5.73 Å². The third kappa shape index (κ3) is 4.18. The highest BCUT2D eigenvalue weighted by Gasteiger charge is 2.06. The van der Waals surface area contributed by atoms with E-state index in [0.29, 0.717) is 11.5 Å². The molecule has 0 spiro atoms. The minimum Gasteiger partial charge on any atom is -0.395 e. The van der Waals surface area contributed by atoms with Crippen molar-refractivity contribution >= 4 is 17.4 Å².